The summed E-state index contributed by atoms with van der Waals surface area (Å²) in [5, 5.41) is 9.79. The lowest BCUT2D eigenvalue weighted by Crippen LogP contribution is -2.33. The number of rotatable bonds is 3. The molecule has 98 valence electrons. The molecule has 0 fully saturated rings. The van der Waals surface area contributed by atoms with Gasteiger partial charge >= 0.3 is 0 Å². The van der Waals surface area contributed by atoms with E-state index in [-0.39, 0.29) is 18.1 Å². The van der Waals surface area contributed by atoms with Gasteiger partial charge in [-0.15, -0.1) is 0 Å². The van der Waals surface area contributed by atoms with Crippen molar-refractivity contribution in [2.45, 2.75) is 33.1 Å². The zero-order valence-electron chi connectivity index (χ0n) is 11.2. The maximum atomic E-state index is 12.2. The molecular weight excluding hydrogens is 228 g/mol. The summed E-state index contributed by atoms with van der Waals surface area (Å²) in [7, 11) is 1.61. The fourth-order valence-corrected chi connectivity index (χ4v) is 1.69. The molecule has 0 saturated carbocycles. The normalized spacial score (nSPS) is 18.2. The van der Waals surface area contributed by atoms with Gasteiger partial charge in [-0.2, -0.15) is 0 Å². The van der Waals surface area contributed by atoms with Gasteiger partial charge in [-0.25, -0.2) is 0 Å². The average Bonchev–Trinajstić information content (AvgIpc) is 2.49. The van der Waals surface area contributed by atoms with Crippen molar-refractivity contribution in [2.24, 2.45) is 4.99 Å². The second-order valence-electron chi connectivity index (χ2n) is 4.29. The van der Waals surface area contributed by atoms with Gasteiger partial charge in [0.15, 0.2) is 0 Å². The van der Waals surface area contributed by atoms with Gasteiger partial charge in [0.1, 0.15) is 11.6 Å². The fraction of sp³-hybridized carbons (Fsp3) is 0.429. The molecule has 0 atom stereocenters. The van der Waals surface area contributed by atoms with E-state index in [0.29, 0.717) is 17.8 Å². The minimum absolute atomic E-state index is 0.156. The Morgan fingerprint density at radius 2 is 2.28 bits per heavy atom. The van der Waals surface area contributed by atoms with Crippen LogP contribution < -0.4 is 0 Å². The highest BCUT2D eigenvalue weighted by molar-refractivity contribution is 6.07. The molecule has 1 N–H and O–H groups in total. The summed E-state index contributed by atoms with van der Waals surface area (Å²) in [6.45, 7) is 7.60. The summed E-state index contributed by atoms with van der Waals surface area (Å²) in [4.78, 5) is 17.8. The number of allylic oxidation sites excluding steroid dienone is 2. The SMILES string of the molecule is C=C(CCC)C(=O)N1C=CC(C)=C(O)CC1=NC. The Morgan fingerprint density at radius 1 is 1.61 bits per heavy atom. The number of aliphatic hydroxyl groups is 1. The molecule has 1 amide bonds. The summed E-state index contributed by atoms with van der Waals surface area (Å²) < 4.78 is 0. The van der Waals surface area contributed by atoms with E-state index >= 15 is 0 Å². The fourth-order valence-electron chi connectivity index (χ4n) is 1.69. The lowest BCUT2D eigenvalue weighted by atomic mass is 10.1. The Labute approximate surface area is 108 Å². The third-order valence-corrected chi connectivity index (χ3v) is 2.86. The summed E-state index contributed by atoms with van der Waals surface area (Å²) in [5.74, 6) is 0.613. The molecule has 0 spiro atoms. The molecule has 0 aromatic rings. The molecule has 0 bridgehead atoms. The second-order valence-corrected chi connectivity index (χ2v) is 4.29. The molecule has 4 nitrogen and oxygen atoms in total. The van der Waals surface area contributed by atoms with E-state index in [4.69, 9.17) is 0 Å². The van der Waals surface area contributed by atoms with Crippen molar-refractivity contribution in [1.82, 2.24) is 4.90 Å². The van der Waals surface area contributed by atoms with Gasteiger partial charge in [-0.1, -0.05) is 19.9 Å². The van der Waals surface area contributed by atoms with Crippen molar-refractivity contribution < 1.29 is 9.90 Å². The van der Waals surface area contributed by atoms with Crippen LogP contribution >= 0.6 is 0 Å². The van der Waals surface area contributed by atoms with Gasteiger partial charge in [-0.05, 0) is 25.0 Å². The van der Waals surface area contributed by atoms with Gasteiger partial charge in [0, 0.05) is 18.8 Å². The van der Waals surface area contributed by atoms with E-state index in [0.717, 1.165) is 12.0 Å². The predicted octanol–water partition coefficient (Wildman–Crippen LogP) is 2.95. The van der Waals surface area contributed by atoms with E-state index in [1.54, 1.807) is 26.2 Å². The quantitative estimate of drug-likeness (QED) is 0.781. The van der Waals surface area contributed by atoms with Crippen molar-refractivity contribution in [3.05, 3.63) is 35.8 Å². The maximum Gasteiger partial charge on any atom is 0.258 e. The highest BCUT2D eigenvalue weighted by atomic mass is 16.3. The van der Waals surface area contributed by atoms with Crippen LogP contribution in [-0.4, -0.2) is 28.8 Å². The van der Waals surface area contributed by atoms with Crippen LogP contribution in [0.2, 0.25) is 0 Å². The van der Waals surface area contributed by atoms with E-state index < -0.39 is 0 Å². The van der Waals surface area contributed by atoms with Gasteiger partial charge in [0.25, 0.3) is 5.91 Å². The van der Waals surface area contributed by atoms with E-state index in [1.807, 2.05) is 6.92 Å². The van der Waals surface area contributed by atoms with Gasteiger partial charge < -0.3 is 5.11 Å². The molecule has 1 heterocycles. The summed E-state index contributed by atoms with van der Waals surface area (Å²) in [6.07, 6.45) is 5.16. The zero-order chi connectivity index (χ0) is 13.7. The predicted molar refractivity (Wildman–Crippen MR) is 73.3 cm³/mol. The van der Waals surface area contributed by atoms with Crippen LogP contribution in [0.4, 0.5) is 0 Å². The first-order valence-electron chi connectivity index (χ1n) is 6.05. The molecule has 0 saturated heterocycles. The first kappa shape index (κ1) is 14.2. The van der Waals surface area contributed by atoms with Crippen LogP contribution in [0.25, 0.3) is 0 Å². The van der Waals surface area contributed by atoms with Crippen LogP contribution in [-0.2, 0) is 4.79 Å². The van der Waals surface area contributed by atoms with Gasteiger partial charge in [0.2, 0.25) is 0 Å². The molecule has 0 aromatic carbocycles. The third-order valence-electron chi connectivity index (χ3n) is 2.86. The zero-order valence-corrected chi connectivity index (χ0v) is 11.2. The highest BCUT2D eigenvalue weighted by Gasteiger charge is 2.22. The maximum absolute atomic E-state index is 12.2. The van der Waals surface area contributed by atoms with Crippen molar-refractivity contribution >= 4 is 11.7 Å². The Kier molecular flexibility index (Phi) is 4.89. The minimum Gasteiger partial charge on any atom is -0.512 e. The number of amides is 1. The van der Waals surface area contributed by atoms with Crippen LogP contribution in [0.1, 0.15) is 33.1 Å². The van der Waals surface area contributed by atoms with Crippen molar-refractivity contribution in [2.75, 3.05) is 7.05 Å². The third kappa shape index (κ3) is 3.09. The molecule has 0 aliphatic carbocycles. The number of aliphatic hydroxyl groups excluding tert-OH is 1. The van der Waals surface area contributed by atoms with Crippen LogP contribution in [0, 0.1) is 0 Å². The Balaban J connectivity index is 2.99. The lowest BCUT2D eigenvalue weighted by molar-refractivity contribution is -0.121. The van der Waals surface area contributed by atoms with Crippen molar-refractivity contribution in [3.63, 3.8) is 0 Å². The smallest absolute Gasteiger partial charge is 0.258 e. The standard InChI is InChI=1S/C14H20N2O2/c1-5-6-11(3)14(18)16-8-7-10(2)12(17)9-13(16)15-4/h7-8,17H,3,5-6,9H2,1-2,4H3. The molecule has 0 radical (unpaired) electrons. The van der Waals surface area contributed by atoms with Crippen LogP contribution in [0.5, 0.6) is 0 Å². The van der Waals surface area contributed by atoms with E-state index in [1.165, 1.54) is 4.90 Å². The minimum atomic E-state index is -0.156. The molecular formula is C14H20N2O2. The molecule has 4 heteroatoms. The largest absolute Gasteiger partial charge is 0.512 e. The number of carbonyl (C=O) groups is 1. The Hall–Kier alpha value is -1.84. The number of carbonyl (C=O) groups excluding carboxylic acids is 1. The lowest BCUT2D eigenvalue weighted by Gasteiger charge is -2.19. The van der Waals surface area contributed by atoms with Gasteiger partial charge in [-0.3, -0.25) is 14.7 Å². The second kappa shape index (κ2) is 6.19. The number of amidine groups is 1. The van der Waals surface area contributed by atoms with E-state index in [9.17, 15) is 9.90 Å². The number of aliphatic imine (C=N–C) groups is 1. The number of hydrogen-bond donors (Lipinski definition) is 1. The van der Waals surface area contributed by atoms with Crippen LogP contribution in [0.3, 0.4) is 0 Å². The highest BCUT2D eigenvalue weighted by Crippen LogP contribution is 2.18. The average molecular weight is 248 g/mol. The van der Waals surface area contributed by atoms with Crippen molar-refractivity contribution in [3.8, 4) is 0 Å². The van der Waals surface area contributed by atoms with Crippen molar-refractivity contribution in [1.29, 1.82) is 0 Å². The Morgan fingerprint density at radius 3 is 2.83 bits per heavy atom. The topological polar surface area (TPSA) is 52.9 Å². The number of hydrogen-bond acceptors (Lipinski definition) is 3. The molecule has 18 heavy (non-hydrogen) atoms. The summed E-state index contributed by atoms with van der Waals surface area (Å²) in [5.41, 5.74) is 1.30. The first-order chi connectivity index (χ1) is 8.51. The monoisotopic (exact) mass is 248 g/mol. The first-order valence-corrected chi connectivity index (χ1v) is 6.05. The Bertz CT molecular complexity index is 445. The molecule has 1 rings (SSSR count). The molecule has 0 aromatic heterocycles. The summed E-state index contributed by atoms with van der Waals surface area (Å²) >= 11 is 0. The van der Waals surface area contributed by atoms with Crippen LogP contribution in [0.15, 0.2) is 40.8 Å². The van der Waals surface area contributed by atoms with E-state index in [2.05, 4.69) is 11.6 Å². The molecule has 1 aliphatic rings. The van der Waals surface area contributed by atoms with Gasteiger partial charge in [0.05, 0.1) is 6.42 Å². The number of nitrogens with zero attached hydrogens (tertiary/aromatic N) is 2. The molecule has 0 unspecified atom stereocenters. The molecule has 1 aliphatic heterocycles. The summed E-state index contributed by atoms with van der Waals surface area (Å²) in [6, 6.07) is 0.